The zero-order chi connectivity index (χ0) is 19.3. The molecule has 1 aliphatic carbocycles. The maximum atomic E-state index is 5.64. The number of H-pyrrole nitrogens is 1. The molecule has 148 valence electrons. The summed E-state index contributed by atoms with van der Waals surface area (Å²) in [6.45, 7) is 3.33. The van der Waals surface area contributed by atoms with Gasteiger partial charge in [0.1, 0.15) is 0 Å². The quantitative estimate of drug-likeness (QED) is 0.705. The van der Waals surface area contributed by atoms with Crippen molar-refractivity contribution in [3.8, 4) is 0 Å². The highest BCUT2D eigenvalue weighted by molar-refractivity contribution is 6.10. The molecule has 0 amide bonds. The summed E-state index contributed by atoms with van der Waals surface area (Å²) in [6.07, 6.45) is 19.2. The zero-order valence-corrected chi connectivity index (χ0v) is 17.2. The largest absolute Gasteiger partial charge is 0.494 e. The summed E-state index contributed by atoms with van der Waals surface area (Å²) in [5, 5.41) is 0. The number of fused-ring (bicyclic) bond motifs is 1. The van der Waals surface area contributed by atoms with Gasteiger partial charge in [-0.3, -0.25) is 0 Å². The minimum absolute atomic E-state index is 0.635. The fourth-order valence-electron chi connectivity index (χ4n) is 4.55. The van der Waals surface area contributed by atoms with Crippen LogP contribution in [0.15, 0.2) is 58.7 Å². The molecule has 3 aliphatic rings. The van der Waals surface area contributed by atoms with Crippen LogP contribution in [0.4, 0.5) is 0 Å². The Morgan fingerprint density at radius 3 is 2.86 bits per heavy atom. The molecule has 3 heterocycles. The van der Waals surface area contributed by atoms with Crippen molar-refractivity contribution in [2.75, 3.05) is 13.7 Å². The highest BCUT2D eigenvalue weighted by Crippen LogP contribution is 2.28. The van der Waals surface area contributed by atoms with Gasteiger partial charge in [-0.1, -0.05) is 32.6 Å². The van der Waals surface area contributed by atoms with Crippen molar-refractivity contribution in [2.24, 2.45) is 10.9 Å². The van der Waals surface area contributed by atoms with Crippen LogP contribution < -0.4 is 0 Å². The van der Waals surface area contributed by atoms with Gasteiger partial charge in [0.05, 0.1) is 18.5 Å². The van der Waals surface area contributed by atoms with Gasteiger partial charge in [0, 0.05) is 29.8 Å². The van der Waals surface area contributed by atoms with Gasteiger partial charge in [0.15, 0.2) is 29.9 Å². The van der Waals surface area contributed by atoms with E-state index in [0.717, 1.165) is 29.4 Å². The molecule has 2 aliphatic heterocycles. The van der Waals surface area contributed by atoms with E-state index in [1.165, 1.54) is 57.1 Å². The topological polar surface area (TPSA) is 40.4 Å². The number of nitrogens with zero attached hydrogens (tertiary/aromatic N) is 2. The van der Waals surface area contributed by atoms with E-state index in [0.29, 0.717) is 5.92 Å². The van der Waals surface area contributed by atoms with Crippen LogP contribution >= 0.6 is 0 Å². The molecule has 0 saturated heterocycles. The van der Waals surface area contributed by atoms with Crippen LogP contribution in [0.5, 0.6) is 0 Å². The minimum atomic E-state index is 0.635. The fourth-order valence-corrected chi connectivity index (χ4v) is 4.55. The van der Waals surface area contributed by atoms with Crippen molar-refractivity contribution in [3.05, 3.63) is 59.4 Å². The maximum absolute atomic E-state index is 5.64. The highest BCUT2D eigenvalue weighted by atomic mass is 16.5. The number of hydrogen-bond donors (Lipinski definition) is 1. The van der Waals surface area contributed by atoms with E-state index in [9.17, 15) is 0 Å². The number of allylic oxidation sites excluding steroid dienone is 2. The first-order chi connectivity index (χ1) is 13.8. The minimum Gasteiger partial charge on any atom is -0.494 e. The van der Waals surface area contributed by atoms with E-state index < -0.39 is 0 Å². The first-order valence-electron chi connectivity index (χ1n) is 10.8. The van der Waals surface area contributed by atoms with Crippen LogP contribution in [0.1, 0.15) is 64.0 Å². The molecule has 0 saturated carbocycles. The molecule has 0 spiro atoms. The van der Waals surface area contributed by atoms with E-state index in [-0.39, 0.29) is 0 Å². The standard InChI is InChI=1S/C24H32N3O/c1-3-19-11-8-6-4-5-7-10-18-14-23(19)27(16-18)17-22-24(28-2)15-21(26-22)20-12-9-13-25-20/h9,12-15,17,19,25H,3-8,10-11,16H2,1-2H3/q+1. The van der Waals surface area contributed by atoms with Crippen LogP contribution in [0.2, 0.25) is 0 Å². The summed E-state index contributed by atoms with van der Waals surface area (Å²) in [4.78, 5) is 8.10. The summed E-state index contributed by atoms with van der Waals surface area (Å²) >= 11 is 0. The SMILES string of the molecule is CCC1CCCCCCCC2=CC1=[N+](C=C1N=C(c3ccc[nH]3)C=C1OC)C2. The van der Waals surface area contributed by atoms with Gasteiger partial charge in [-0.2, -0.15) is 4.58 Å². The predicted molar refractivity (Wildman–Crippen MR) is 115 cm³/mol. The lowest BCUT2D eigenvalue weighted by molar-refractivity contribution is -0.446. The number of hydrogen-bond acceptors (Lipinski definition) is 2. The third kappa shape index (κ3) is 4.06. The molecule has 4 rings (SSSR count). The van der Waals surface area contributed by atoms with Gasteiger partial charge in [-0.15, -0.1) is 0 Å². The third-order valence-electron chi connectivity index (χ3n) is 6.15. The number of aromatic nitrogens is 1. The molecule has 4 nitrogen and oxygen atoms in total. The Morgan fingerprint density at radius 2 is 2.07 bits per heavy atom. The molecular weight excluding hydrogens is 346 g/mol. The van der Waals surface area contributed by atoms with Gasteiger partial charge in [0.25, 0.3) is 0 Å². The number of methoxy groups -OCH3 is 1. The first kappa shape index (κ1) is 19.0. The van der Waals surface area contributed by atoms with E-state index in [4.69, 9.17) is 9.73 Å². The van der Waals surface area contributed by atoms with Gasteiger partial charge in [-0.25, -0.2) is 4.99 Å². The molecule has 2 bridgehead atoms. The molecule has 28 heavy (non-hydrogen) atoms. The van der Waals surface area contributed by atoms with Crippen molar-refractivity contribution in [1.82, 2.24) is 4.98 Å². The number of aromatic amines is 1. The molecular formula is C24H32N3O+. The van der Waals surface area contributed by atoms with Crippen molar-refractivity contribution in [1.29, 1.82) is 0 Å². The Labute approximate surface area is 168 Å². The van der Waals surface area contributed by atoms with Gasteiger partial charge in [-0.05, 0) is 37.8 Å². The number of nitrogens with one attached hydrogen (secondary N) is 1. The maximum Gasteiger partial charge on any atom is 0.199 e. The van der Waals surface area contributed by atoms with E-state index in [1.807, 2.05) is 24.4 Å². The van der Waals surface area contributed by atoms with Crippen molar-refractivity contribution in [2.45, 2.75) is 58.3 Å². The smallest absolute Gasteiger partial charge is 0.199 e. The average Bonchev–Trinajstić information content (AvgIpc) is 3.43. The Balaban J connectivity index is 1.66. The summed E-state index contributed by atoms with van der Waals surface area (Å²) in [6, 6.07) is 4.04. The van der Waals surface area contributed by atoms with Crippen molar-refractivity contribution in [3.63, 3.8) is 0 Å². The zero-order valence-electron chi connectivity index (χ0n) is 17.2. The lowest BCUT2D eigenvalue weighted by Crippen LogP contribution is -2.20. The molecule has 1 N–H and O–H groups in total. The summed E-state index contributed by atoms with van der Waals surface area (Å²) in [7, 11) is 1.73. The van der Waals surface area contributed by atoms with Gasteiger partial charge >= 0.3 is 0 Å². The summed E-state index contributed by atoms with van der Waals surface area (Å²) < 4.78 is 8.08. The van der Waals surface area contributed by atoms with Crippen LogP contribution in [0, 0.1) is 5.92 Å². The predicted octanol–water partition coefficient (Wildman–Crippen LogP) is 5.35. The van der Waals surface area contributed by atoms with E-state index in [1.54, 1.807) is 12.7 Å². The number of aliphatic imine (C=N–C) groups is 1. The highest BCUT2D eigenvalue weighted by Gasteiger charge is 2.30. The van der Waals surface area contributed by atoms with Crippen LogP contribution in [0.25, 0.3) is 0 Å². The fraction of sp³-hybridized carbons (Fsp3) is 0.500. The molecule has 1 atom stereocenters. The lowest BCUT2D eigenvalue weighted by atomic mass is 9.93. The van der Waals surface area contributed by atoms with E-state index in [2.05, 4.69) is 28.8 Å². The van der Waals surface area contributed by atoms with Crippen molar-refractivity contribution >= 4 is 11.4 Å². The Bertz CT molecular complexity index is 852. The third-order valence-corrected chi connectivity index (χ3v) is 6.15. The summed E-state index contributed by atoms with van der Waals surface area (Å²) in [5.41, 5.74) is 5.92. The molecule has 1 unspecified atom stereocenters. The second kappa shape index (κ2) is 8.76. The summed E-state index contributed by atoms with van der Waals surface area (Å²) in [5.74, 6) is 1.47. The second-order valence-corrected chi connectivity index (χ2v) is 8.07. The number of ether oxygens (including phenoxy) is 1. The normalized spacial score (nSPS) is 24.7. The molecule has 0 radical (unpaired) electrons. The Hall–Kier alpha value is -2.36. The van der Waals surface area contributed by atoms with Crippen LogP contribution in [-0.2, 0) is 4.74 Å². The first-order valence-corrected chi connectivity index (χ1v) is 10.8. The monoisotopic (exact) mass is 378 g/mol. The molecule has 1 aromatic rings. The van der Waals surface area contributed by atoms with Crippen molar-refractivity contribution < 1.29 is 9.31 Å². The Kier molecular flexibility index (Phi) is 5.94. The van der Waals surface area contributed by atoms with Gasteiger partial charge in [0.2, 0.25) is 0 Å². The molecule has 1 aromatic heterocycles. The Morgan fingerprint density at radius 1 is 1.21 bits per heavy atom. The number of rotatable bonds is 4. The molecule has 0 fully saturated rings. The van der Waals surface area contributed by atoms with Gasteiger partial charge < -0.3 is 9.72 Å². The van der Waals surface area contributed by atoms with Crippen LogP contribution in [0.3, 0.4) is 0 Å². The van der Waals surface area contributed by atoms with E-state index >= 15 is 0 Å². The second-order valence-electron chi connectivity index (χ2n) is 8.07. The lowest BCUT2D eigenvalue weighted by Gasteiger charge is -2.12. The van der Waals surface area contributed by atoms with Crippen LogP contribution in [-0.4, -0.2) is 34.6 Å². The molecule has 4 heteroatoms. The average molecular weight is 379 g/mol. The molecule has 0 aromatic carbocycles.